The molecule has 1 N–H and O–H groups in total. The van der Waals surface area contributed by atoms with Gasteiger partial charge in [0.05, 0.1) is 0 Å². The normalized spacial score (nSPS) is 29.4. The third kappa shape index (κ3) is 2.53. The van der Waals surface area contributed by atoms with Crippen molar-refractivity contribution in [3.8, 4) is 0 Å². The molecule has 4 heteroatoms. The number of rotatable bonds is 2. The van der Waals surface area contributed by atoms with Crippen LogP contribution in [0, 0.1) is 47.5 Å². The molecule has 1 unspecified atom stereocenters. The van der Waals surface area contributed by atoms with Gasteiger partial charge in [-0.05, 0) is 0 Å². The van der Waals surface area contributed by atoms with E-state index in [-0.39, 0.29) is 6.61 Å². The van der Waals surface area contributed by atoms with E-state index in [1.807, 2.05) is 0 Å². The Balaban J connectivity index is 2.22. The van der Waals surface area contributed by atoms with Crippen LogP contribution in [0.4, 0.5) is 0 Å². The number of ether oxygens (including phenoxy) is 1. The van der Waals surface area contributed by atoms with Gasteiger partial charge in [-0.2, -0.15) is 0 Å². The van der Waals surface area contributed by atoms with Gasteiger partial charge >= 0.3 is 89.1 Å². The predicted molar refractivity (Wildman–Crippen MR) is 28.4 cm³/mol. The Labute approximate surface area is 87.8 Å². The predicted octanol–water partition coefficient (Wildman–Crippen LogP) is -0.856. The van der Waals surface area contributed by atoms with Crippen molar-refractivity contribution in [1.82, 2.24) is 4.90 Å². The van der Waals surface area contributed by atoms with Gasteiger partial charge in [-0.3, -0.25) is 0 Å². The Kier molecular flexibility index (Phi) is 4.17. The first-order valence-electron chi connectivity index (χ1n) is 3.31. The van der Waals surface area contributed by atoms with Crippen molar-refractivity contribution < 1.29 is 57.3 Å². The zero-order valence-electron chi connectivity index (χ0n) is 5.71. The summed E-state index contributed by atoms with van der Waals surface area (Å²) in [6, 6.07) is 0. The van der Waals surface area contributed by atoms with Crippen molar-refractivity contribution in [2.45, 2.75) is 0.548 Å². The summed E-state index contributed by atoms with van der Waals surface area (Å²) in [4.78, 5) is 2.21. The standard InChI is InChI=1S/C5H10NO2.Fr/c7-3-1-6-2-4-8-5-6;/h5,7H,1-4H2;. The van der Waals surface area contributed by atoms with Gasteiger partial charge in [0.2, 0.25) is 0 Å². The third-order valence-electron chi connectivity index (χ3n) is 1.64. The van der Waals surface area contributed by atoms with Crippen LogP contribution in [0.2, 0.25) is 0 Å². The number of aliphatic hydroxyl groups is 1. The Hall–Kier alpha value is 1.48. The molecule has 1 rings (SSSR count). The van der Waals surface area contributed by atoms with E-state index in [4.69, 9.17) is 9.84 Å². The number of nitrogens with zero attached hydrogens (tertiary/aromatic N) is 1. The summed E-state index contributed by atoms with van der Waals surface area (Å²) in [6.07, 6.45) is 0. The molecule has 3 nitrogen and oxygen atoms in total. The summed E-state index contributed by atoms with van der Waals surface area (Å²) in [6.45, 7) is 2.94. The maximum absolute atomic E-state index is 8.57. The summed E-state index contributed by atoms with van der Waals surface area (Å²) in [5.74, 6) is 0. The molecule has 1 aliphatic heterocycles. The third-order valence-corrected chi connectivity index (χ3v) is 6.01. The molecule has 0 aromatic rings. The zero-order chi connectivity index (χ0) is 6.69. The number of hydrogen-bond acceptors (Lipinski definition) is 3. The molecule has 0 aromatic heterocycles. The van der Waals surface area contributed by atoms with Gasteiger partial charge in [0.25, 0.3) is 0 Å². The van der Waals surface area contributed by atoms with E-state index in [0.29, 0.717) is 48.0 Å². The van der Waals surface area contributed by atoms with Crippen LogP contribution in [0.15, 0.2) is 0 Å². The second kappa shape index (κ2) is 4.37. The number of aliphatic hydroxyl groups excluding tert-OH is 1. The molecule has 1 atom stereocenters. The summed E-state index contributed by atoms with van der Waals surface area (Å²) < 4.78 is 5.77. The average Bonchev–Trinajstić information content (AvgIpc) is 2.18. The van der Waals surface area contributed by atoms with Gasteiger partial charge < -0.3 is 0 Å². The summed E-state index contributed by atoms with van der Waals surface area (Å²) in [7, 11) is 0. The molecule has 1 heterocycles. The quantitative estimate of drug-likeness (QED) is 0.711. The SMILES string of the molecule is OCCN1CCO[CH]1[Fr]. The molecule has 0 spiro atoms. The molecular formula is C5H10FrNO2. The van der Waals surface area contributed by atoms with Crippen LogP contribution >= 0.6 is 0 Å². The van der Waals surface area contributed by atoms with Crippen LogP contribution in [0.25, 0.3) is 0 Å². The second-order valence-corrected chi connectivity index (χ2v) is 6.29. The Morgan fingerprint density at radius 1 is 1.78 bits per heavy atom. The Morgan fingerprint density at radius 3 is 3.00 bits per heavy atom. The number of hydrogen-bond donors (Lipinski definition) is 1. The second-order valence-electron chi connectivity index (χ2n) is 2.23. The van der Waals surface area contributed by atoms with Crippen molar-refractivity contribution >= 4 is 0 Å². The molecular weight excluding hydrogens is 329 g/mol. The van der Waals surface area contributed by atoms with Crippen LogP contribution in [0.3, 0.4) is 0 Å². The first kappa shape index (κ1) is 8.57. The van der Waals surface area contributed by atoms with Crippen LogP contribution < -0.4 is 0 Å². The summed E-state index contributed by atoms with van der Waals surface area (Å²) >= 11 is 0.416. The van der Waals surface area contributed by atoms with E-state index in [0.717, 1.165) is 19.7 Å². The van der Waals surface area contributed by atoms with Gasteiger partial charge in [0.15, 0.2) is 0 Å². The molecule has 9 heavy (non-hydrogen) atoms. The fourth-order valence-corrected chi connectivity index (χ4v) is 4.14. The minimum absolute atomic E-state index is 0.267. The van der Waals surface area contributed by atoms with Crippen molar-refractivity contribution in [2.24, 2.45) is 0 Å². The van der Waals surface area contributed by atoms with E-state index < -0.39 is 0 Å². The molecule has 0 aromatic carbocycles. The first-order chi connectivity index (χ1) is 4.34. The number of β-amino-alcohol motifs (C(OH)–C–C–N with tert-alkyl or cyclic N) is 1. The summed E-state index contributed by atoms with van der Waals surface area (Å²) in [5, 5.41) is 8.57. The molecule has 1 fully saturated rings. The Bertz CT molecular complexity index is 91.0. The molecule has 0 amide bonds. The minimum atomic E-state index is 0.267. The van der Waals surface area contributed by atoms with Crippen LogP contribution in [0.5, 0.6) is 0 Å². The molecule has 0 bridgehead atoms. The Morgan fingerprint density at radius 2 is 2.56 bits per heavy atom. The van der Waals surface area contributed by atoms with Gasteiger partial charge in [0, 0.05) is 0 Å². The van der Waals surface area contributed by atoms with Crippen molar-refractivity contribution in [3.63, 3.8) is 0 Å². The van der Waals surface area contributed by atoms with Crippen LogP contribution in [-0.2, 0) is 4.74 Å². The molecule has 0 aliphatic carbocycles. The van der Waals surface area contributed by atoms with E-state index in [9.17, 15) is 0 Å². The van der Waals surface area contributed by atoms with Crippen molar-refractivity contribution in [3.05, 3.63) is 0 Å². The van der Waals surface area contributed by atoms with E-state index >= 15 is 0 Å². The van der Waals surface area contributed by atoms with E-state index in [2.05, 4.69) is 4.90 Å². The van der Waals surface area contributed by atoms with Crippen molar-refractivity contribution in [2.75, 3.05) is 26.3 Å². The molecule has 0 radical (unpaired) electrons. The van der Waals surface area contributed by atoms with E-state index in [1.165, 1.54) is 0 Å². The van der Waals surface area contributed by atoms with Gasteiger partial charge in [-0.1, -0.05) is 0 Å². The average molecular weight is 339 g/mol. The van der Waals surface area contributed by atoms with Gasteiger partial charge in [-0.15, -0.1) is 0 Å². The zero-order valence-corrected chi connectivity index (χ0v) is 13.9. The van der Waals surface area contributed by atoms with Gasteiger partial charge in [-0.25, -0.2) is 0 Å². The van der Waals surface area contributed by atoms with Crippen molar-refractivity contribution in [1.29, 1.82) is 0 Å². The maximum atomic E-state index is 8.57. The van der Waals surface area contributed by atoms with Gasteiger partial charge in [0.1, 0.15) is 0 Å². The summed E-state index contributed by atoms with van der Waals surface area (Å²) in [5.41, 5.74) is 0. The fraction of sp³-hybridized carbons (Fsp3) is 1.00. The first-order valence-corrected chi connectivity index (χ1v) is 8.05. The molecule has 0 saturated carbocycles. The van der Waals surface area contributed by atoms with E-state index in [1.54, 1.807) is 0 Å². The van der Waals surface area contributed by atoms with Crippen LogP contribution in [0.1, 0.15) is 0 Å². The topological polar surface area (TPSA) is 32.7 Å². The monoisotopic (exact) mass is 339 g/mol. The molecule has 48 valence electrons. The molecule has 1 saturated heterocycles. The fourth-order valence-electron chi connectivity index (χ4n) is 1.05. The van der Waals surface area contributed by atoms with Crippen LogP contribution in [-0.4, -0.2) is 36.9 Å². The molecule has 1 aliphatic rings.